The number of terminal acetylenes is 1. The summed E-state index contributed by atoms with van der Waals surface area (Å²) < 4.78 is 0. The number of aromatic nitrogens is 2. The van der Waals surface area contributed by atoms with Gasteiger partial charge in [-0.15, -0.1) is 12.3 Å². The van der Waals surface area contributed by atoms with Crippen molar-refractivity contribution in [3.05, 3.63) is 18.1 Å². The first kappa shape index (κ1) is 11.5. The predicted molar refractivity (Wildman–Crippen MR) is 55.2 cm³/mol. The third kappa shape index (κ3) is 2.69. The molecule has 0 saturated heterocycles. The number of carboxylic acids is 1. The molecule has 0 aliphatic heterocycles. The average molecular weight is 216 g/mol. The molecule has 1 aromatic rings. The standard InChI is InChI=1S/C10H8N4O2/c1-2-3-7(10(15)16)14-9-8(6-11)12-4-5-13-9/h1,4-5,7H,3H2,(H,13,14)(H,15,16). The highest BCUT2D eigenvalue weighted by molar-refractivity contribution is 5.77. The molecule has 1 aromatic heterocycles. The molecule has 0 amide bonds. The zero-order valence-electron chi connectivity index (χ0n) is 8.21. The molecule has 16 heavy (non-hydrogen) atoms. The number of hydrogen-bond acceptors (Lipinski definition) is 5. The molecule has 0 bridgehead atoms. The Hall–Kier alpha value is -2.60. The number of nitriles is 1. The van der Waals surface area contributed by atoms with Crippen molar-refractivity contribution in [2.45, 2.75) is 12.5 Å². The fourth-order valence-electron chi connectivity index (χ4n) is 1.01. The summed E-state index contributed by atoms with van der Waals surface area (Å²) in [5, 5.41) is 20.1. The van der Waals surface area contributed by atoms with E-state index in [1.54, 1.807) is 6.07 Å². The summed E-state index contributed by atoms with van der Waals surface area (Å²) in [6.07, 6.45) is 7.74. The second-order valence-corrected chi connectivity index (χ2v) is 2.81. The lowest BCUT2D eigenvalue weighted by Crippen LogP contribution is -2.29. The van der Waals surface area contributed by atoms with Gasteiger partial charge < -0.3 is 10.4 Å². The number of nitrogens with one attached hydrogen (secondary N) is 1. The Labute approximate surface area is 92.0 Å². The lowest BCUT2D eigenvalue weighted by Gasteiger charge is -2.12. The highest BCUT2D eigenvalue weighted by Crippen LogP contribution is 2.09. The van der Waals surface area contributed by atoms with Crippen molar-refractivity contribution in [1.82, 2.24) is 9.97 Å². The van der Waals surface area contributed by atoms with Crippen LogP contribution in [0.25, 0.3) is 0 Å². The Morgan fingerprint density at radius 3 is 2.88 bits per heavy atom. The minimum Gasteiger partial charge on any atom is -0.480 e. The molecule has 0 aliphatic rings. The van der Waals surface area contributed by atoms with Crippen LogP contribution in [-0.2, 0) is 4.79 Å². The van der Waals surface area contributed by atoms with Gasteiger partial charge in [0.05, 0.1) is 0 Å². The fourth-order valence-corrected chi connectivity index (χ4v) is 1.01. The van der Waals surface area contributed by atoms with Crippen LogP contribution in [0.3, 0.4) is 0 Å². The van der Waals surface area contributed by atoms with Gasteiger partial charge in [0.2, 0.25) is 0 Å². The molecule has 0 saturated carbocycles. The molecule has 0 fully saturated rings. The van der Waals surface area contributed by atoms with Crippen LogP contribution in [0.5, 0.6) is 0 Å². The van der Waals surface area contributed by atoms with Crippen LogP contribution in [0.2, 0.25) is 0 Å². The summed E-state index contributed by atoms with van der Waals surface area (Å²) in [6.45, 7) is 0. The van der Waals surface area contributed by atoms with Gasteiger partial charge in [-0.05, 0) is 0 Å². The van der Waals surface area contributed by atoms with E-state index < -0.39 is 12.0 Å². The van der Waals surface area contributed by atoms with Crippen LogP contribution in [-0.4, -0.2) is 27.1 Å². The molecule has 2 N–H and O–H groups in total. The number of rotatable bonds is 4. The summed E-state index contributed by atoms with van der Waals surface area (Å²) in [4.78, 5) is 18.4. The molecular formula is C10H8N4O2. The molecule has 0 aromatic carbocycles. The SMILES string of the molecule is C#CCC(Nc1nccnc1C#N)C(=O)O. The van der Waals surface area contributed by atoms with E-state index in [4.69, 9.17) is 16.8 Å². The fraction of sp³-hybridized carbons (Fsp3) is 0.200. The van der Waals surface area contributed by atoms with Gasteiger partial charge in [0.25, 0.3) is 0 Å². The maximum atomic E-state index is 10.8. The Balaban J connectivity index is 2.90. The van der Waals surface area contributed by atoms with E-state index in [0.29, 0.717) is 0 Å². The number of carboxylic acid groups (broad SMARTS) is 1. The molecule has 1 heterocycles. The van der Waals surface area contributed by atoms with Crippen LogP contribution in [0.1, 0.15) is 12.1 Å². The van der Waals surface area contributed by atoms with E-state index in [0.717, 1.165) is 0 Å². The van der Waals surface area contributed by atoms with Crippen LogP contribution in [0.4, 0.5) is 5.82 Å². The van der Waals surface area contributed by atoms with E-state index in [1.807, 2.05) is 0 Å². The zero-order valence-corrected chi connectivity index (χ0v) is 8.21. The minimum atomic E-state index is -1.10. The van der Waals surface area contributed by atoms with Crippen LogP contribution in [0, 0.1) is 23.7 Å². The van der Waals surface area contributed by atoms with Crippen molar-refractivity contribution in [1.29, 1.82) is 5.26 Å². The van der Waals surface area contributed by atoms with Gasteiger partial charge >= 0.3 is 5.97 Å². The average Bonchev–Trinajstić information content (AvgIpc) is 2.29. The van der Waals surface area contributed by atoms with E-state index in [-0.39, 0.29) is 17.9 Å². The molecule has 1 rings (SSSR count). The topological polar surface area (TPSA) is 98.9 Å². The number of carbonyl (C=O) groups is 1. The minimum absolute atomic E-state index is 0.00320. The first-order chi connectivity index (χ1) is 7.69. The Morgan fingerprint density at radius 2 is 2.31 bits per heavy atom. The van der Waals surface area contributed by atoms with E-state index in [1.165, 1.54) is 12.4 Å². The van der Waals surface area contributed by atoms with Gasteiger partial charge in [-0.1, -0.05) is 0 Å². The predicted octanol–water partition coefficient (Wildman–Crippen LogP) is 0.237. The van der Waals surface area contributed by atoms with Crippen LogP contribution in [0.15, 0.2) is 12.4 Å². The molecular weight excluding hydrogens is 208 g/mol. The third-order valence-electron chi connectivity index (χ3n) is 1.74. The van der Waals surface area contributed by atoms with Gasteiger partial charge in [-0.2, -0.15) is 5.26 Å². The van der Waals surface area contributed by atoms with Crippen molar-refractivity contribution in [2.24, 2.45) is 0 Å². The molecule has 80 valence electrons. The largest absolute Gasteiger partial charge is 0.480 e. The Bertz CT molecular complexity index is 472. The van der Waals surface area contributed by atoms with Gasteiger partial charge in [0, 0.05) is 18.8 Å². The maximum Gasteiger partial charge on any atom is 0.327 e. The smallest absolute Gasteiger partial charge is 0.327 e. The molecule has 1 atom stereocenters. The number of nitrogens with zero attached hydrogens (tertiary/aromatic N) is 3. The first-order valence-electron chi connectivity index (χ1n) is 4.33. The van der Waals surface area contributed by atoms with E-state index in [2.05, 4.69) is 21.2 Å². The number of aliphatic carboxylic acids is 1. The summed E-state index contributed by atoms with van der Waals surface area (Å²) in [5.74, 6) is 1.25. The molecule has 0 aliphatic carbocycles. The summed E-state index contributed by atoms with van der Waals surface area (Å²) in [5.41, 5.74) is 0.0331. The number of hydrogen-bond donors (Lipinski definition) is 2. The van der Waals surface area contributed by atoms with Crippen molar-refractivity contribution < 1.29 is 9.90 Å². The molecule has 6 heteroatoms. The highest BCUT2D eigenvalue weighted by Gasteiger charge is 2.18. The highest BCUT2D eigenvalue weighted by atomic mass is 16.4. The van der Waals surface area contributed by atoms with Crippen LogP contribution < -0.4 is 5.32 Å². The Kier molecular flexibility index (Phi) is 3.82. The summed E-state index contributed by atoms with van der Waals surface area (Å²) in [6, 6.07) is 0.823. The molecule has 0 spiro atoms. The van der Waals surface area contributed by atoms with Gasteiger partial charge in [0.1, 0.15) is 12.1 Å². The normalized spacial score (nSPS) is 10.9. The second-order valence-electron chi connectivity index (χ2n) is 2.81. The second kappa shape index (κ2) is 5.32. The summed E-state index contributed by atoms with van der Waals surface area (Å²) >= 11 is 0. The zero-order chi connectivity index (χ0) is 12.0. The molecule has 0 radical (unpaired) electrons. The molecule has 1 unspecified atom stereocenters. The van der Waals surface area contributed by atoms with Gasteiger partial charge in [-0.3, -0.25) is 0 Å². The van der Waals surface area contributed by atoms with Gasteiger partial charge in [0.15, 0.2) is 11.5 Å². The van der Waals surface area contributed by atoms with E-state index >= 15 is 0 Å². The quantitative estimate of drug-likeness (QED) is 0.699. The van der Waals surface area contributed by atoms with Crippen molar-refractivity contribution >= 4 is 11.8 Å². The van der Waals surface area contributed by atoms with E-state index in [9.17, 15) is 4.79 Å². The van der Waals surface area contributed by atoms with Gasteiger partial charge in [-0.25, -0.2) is 14.8 Å². The third-order valence-corrected chi connectivity index (χ3v) is 1.74. The first-order valence-corrected chi connectivity index (χ1v) is 4.33. The monoisotopic (exact) mass is 216 g/mol. The maximum absolute atomic E-state index is 10.8. The molecule has 6 nitrogen and oxygen atoms in total. The van der Waals surface area contributed by atoms with Crippen LogP contribution >= 0.6 is 0 Å². The number of anilines is 1. The van der Waals surface area contributed by atoms with Crippen molar-refractivity contribution in [3.8, 4) is 18.4 Å². The summed E-state index contributed by atoms with van der Waals surface area (Å²) in [7, 11) is 0. The van der Waals surface area contributed by atoms with Crippen molar-refractivity contribution in [2.75, 3.05) is 5.32 Å². The lowest BCUT2D eigenvalue weighted by atomic mass is 10.2. The lowest BCUT2D eigenvalue weighted by molar-refractivity contribution is -0.137. The Morgan fingerprint density at radius 1 is 1.62 bits per heavy atom. The van der Waals surface area contributed by atoms with Crippen molar-refractivity contribution in [3.63, 3.8) is 0 Å².